The number of esters is 1. The maximum Gasteiger partial charge on any atom is 0.335 e. The highest BCUT2D eigenvalue weighted by Gasteiger charge is 2.25. The van der Waals surface area contributed by atoms with Crippen molar-refractivity contribution in [3.05, 3.63) is 0 Å². The van der Waals surface area contributed by atoms with Gasteiger partial charge in [0.05, 0.1) is 6.10 Å². The molecule has 1 rings (SSSR count). The minimum atomic E-state index is -0.442. The third kappa shape index (κ3) is 4.97. The molecule has 0 bridgehead atoms. The van der Waals surface area contributed by atoms with E-state index in [2.05, 4.69) is 0 Å². The van der Waals surface area contributed by atoms with E-state index >= 15 is 0 Å². The molecule has 3 nitrogen and oxygen atoms in total. The zero-order valence-corrected chi connectivity index (χ0v) is 10.9. The van der Waals surface area contributed by atoms with Crippen molar-refractivity contribution in [3.63, 3.8) is 0 Å². The van der Waals surface area contributed by atoms with Crippen LogP contribution in [0.5, 0.6) is 0 Å². The lowest BCUT2D eigenvalue weighted by molar-refractivity contribution is -0.171. The Kier molecular flexibility index (Phi) is 4.78. The van der Waals surface area contributed by atoms with Crippen molar-refractivity contribution in [2.24, 2.45) is 0 Å². The number of ether oxygens (including phenoxy) is 2. The molecular weight excluding hydrogens is 204 g/mol. The highest BCUT2D eigenvalue weighted by Crippen LogP contribution is 2.22. The maximum absolute atomic E-state index is 11.7. The second kappa shape index (κ2) is 5.67. The molecule has 0 amide bonds. The van der Waals surface area contributed by atoms with Crippen molar-refractivity contribution in [1.82, 2.24) is 0 Å². The van der Waals surface area contributed by atoms with Crippen molar-refractivity contribution < 1.29 is 14.3 Å². The lowest BCUT2D eigenvalue weighted by Crippen LogP contribution is -2.34. The van der Waals surface area contributed by atoms with Gasteiger partial charge in [0.15, 0.2) is 6.10 Å². The van der Waals surface area contributed by atoms with E-state index in [9.17, 15) is 4.79 Å². The highest BCUT2D eigenvalue weighted by molar-refractivity contribution is 5.74. The summed E-state index contributed by atoms with van der Waals surface area (Å²) in [5.41, 5.74) is -0.429. The second-order valence-electron chi connectivity index (χ2n) is 5.57. The number of carbonyl (C=O) groups is 1. The predicted octanol–water partition coefficient (Wildman–Crippen LogP) is 3.07. The van der Waals surface area contributed by atoms with Gasteiger partial charge in [-0.3, -0.25) is 0 Å². The van der Waals surface area contributed by atoms with Gasteiger partial charge in [0.2, 0.25) is 0 Å². The summed E-state index contributed by atoms with van der Waals surface area (Å²) in [6, 6.07) is 0. The standard InChI is InChI=1S/C13H24O3/c1-10(12(14)16-13(2,3)4)15-11-8-6-5-7-9-11/h10-11H,5-9H2,1-4H3. The summed E-state index contributed by atoms with van der Waals surface area (Å²) in [4.78, 5) is 11.7. The minimum absolute atomic E-state index is 0.247. The lowest BCUT2D eigenvalue weighted by Gasteiger charge is -2.27. The van der Waals surface area contributed by atoms with Gasteiger partial charge in [0, 0.05) is 0 Å². The molecule has 0 N–H and O–H groups in total. The van der Waals surface area contributed by atoms with Crippen LogP contribution >= 0.6 is 0 Å². The molecule has 3 heteroatoms. The molecule has 94 valence electrons. The predicted molar refractivity (Wildman–Crippen MR) is 63.3 cm³/mol. The van der Waals surface area contributed by atoms with Crippen LogP contribution in [0, 0.1) is 0 Å². The van der Waals surface area contributed by atoms with Gasteiger partial charge in [-0.15, -0.1) is 0 Å². The van der Waals surface area contributed by atoms with E-state index in [1.807, 2.05) is 20.8 Å². The summed E-state index contributed by atoms with van der Waals surface area (Å²) in [7, 11) is 0. The van der Waals surface area contributed by atoms with E-state index in [1.54, 1.807) is 6.92 Å². The van der Waals surface area contributed by atoms with Gasteiger partial charge in [0.25, 0.3) is 0 Å². The van der Waals surface area contributed by atoms with Crippen LogP contribution in [-0.2, 0) is 14.3 Å². The highest BCUT2D eigenvalue weighted by atomic mass is 16.6. The average Bonchev–Trinajstić information content (AvgIpc) is 2.16. The molecule has 16 heavy (non-hydrogen) atoms. The van der Waals surface area contributed by atoms with Crippen LogP contribution in [0.15, 0.2) is 0 Å². The van der Waals surface area contributed by atoms with Gasteiger partial charge in [-0.1, -0.05) is 19.3 Å². The van der Waals surface area contributed by atoms with E-state index in [-0.39, 0.29) is 12.1 Å². The summed E-state index contributed by atoms with van der Waals surface area (Å²) >= 11 is 0. The molecular formula is C13H24O3. The van der Waals surface area contributed by atoms with E-state index in [0.29, 0.717) is 0 Å². The zero-order valence-electron chi connectivity index (χ0n) is 10.9. The second-order valence-corrected chi connectivity index (χ2v) is 5.57. The number of hydrogen-bond acceptors (Lipinski definition) is 3. The minimum Gasteiger partial charge on any atom is -0.458 e. The first-order chi connectivity index (χ1) is 7.38. The van der Waals surface area contributed by atoms with Gasteiger partial charge >= 0.3 is 5.97 Å². The van der Waals surface area contributed by atoms with Crippen LogP contribution < -0.4 is 0 Å². The zero-order chi connectivity index (χ0) is 12.2. The van der Waals surface area contributed by atoms with Crippen molar-refractivity contribution in [2.45, 2.75) is 77.6 Å². The Morgan fingerprint density at radius 3 is 2.25 bits per heavy atom. The topological polar surface area (TPSA) is 35.5 Å². The van der Waals surface area contributed by atoms with Crippen LogP contribution in [0.1, 0.15) is 59.8 Å². The first kappa shape index (κ1) is 13.5. The largest absolute Gasteiger partial charge is 0.458 e. The first-order valence-corrected chi connectivity index (χ1v) is 6.27. The molecule has 0 radical (unpaired) electrons. The third-order valence-corrected chi connectivity index (χ3v) is 2.69. The van der Waals surface area contributed by atoms with Crippen molar-refractivity contribution in [2.75, 3.05) is 0 Å². The smallest absolute Gasteiger partial charge is 0.335 e. The van der Waals surface area contributed by atoms with Crippen molar-refractivity contribution >= 4 is 5.97 Å². The molecule has 1 saturated carbocycles. The molecule has 0 heterocycles. The Hall–Kier alpha value is -0.570. The molecule has 0 aromatic carbocycles. The quantitative estimate of drug-likeness (QED) is 0.696. The first-order valence-electron chi connectivity index (χ1n) is 6.27. The summed E-state index contributed by atoms with van der Waals surface area (Å²) in [6.45, 7) is 7.40. The van der Waals surface area contributed by atoms with Gasteiger partial charge < -0.3 is 9.47 Å². The summed E-state index contributed by atoms with van der Waals surface area (Å²) < 4.78 is 11.0. The molecule has 0 aliphatic heterocycles. The molecule has 1 unspecified atom stereocenters. The number of carbonyl (C=O) groups excluding carboxylic acids is 1. The van der Waals surface area contributed by atoms with Gasteiger partial charge in [0.1, 0.15) is 5.60 Å². The van der Waals surface area contributed by atoms with Crippen molar-refractivity contribution in [1.29, 1.82) is 0 Å². The number of rotatable bonds is 3. The van der Waals surface area contributed by atoms with Crippen LogP contribution in [0.3, 0.4) is 0 Å². The summed E-state index contributed by atoms with van der Waals surface area (Å²) in [6.07, 6.45) is 5.68. The van der Waals surface area contributed by atoms with E-state index in [4.69, 9.17) is 9.47 Å². The third-order valence-electron chi connectivity index (χ3n) is 2.69. The van der Waals surface area contributed by atoms with Crippen molar-refractivity contribution in [3.8, 4) is 0 Å². The molecule has 0 aromatic rings. The van der Waals surface area contributed by atoms with E-state index < -0.39 is 11.7 Å². The maximum atomic E-state index is 11.7. The Morgan fingerprint density at radius 1 is 1.19 bits per heavy atom. The van der Waals surface area contributed by atoms with Crippen LogP contribution in [0.2, 0.25) is 0 Å². The molecule has 1 aliphatic rings. The Labute approximate surface area is 98.5 Å². The van der Waals surface area contributed by atoms with Gasteiger partial charge in [-0.25, -0.2) is 4.79 Å². The molecule has 0 saturated heterocycles. The molecule has 0 spiro atoms. The fourth-order valence-corrected chi connectivity index (χ4v) is 1.93. The fourth-order valence-electron chi connectivity index (χ4n) is 1.93. The Morgan fingerprint density at radius 2 is 1.75 bits per heavy atom. The Balaban J connectivity index is 2.33. The lowest BCUT2D eigenvalue weighted by atomic mass is 9.98. The Bertz CT molecular complexity index is 224. The number of hydrogen-bond donors (Lipinski definition) is 0. The molecule has 1 aliphatic carbocycles. The van der Waals surface area contributed by atoms with Crippen LogP contribution in [-0.4, -0.2) is 23.8 Å². The van der Waals surface area contributed by atoms with E-state index in [0.717, 1.165) is 12.8 Å². The van der Waals surface area contributed by atoms with Crippen LogP contribution in [0.25, 0.3) is 0 Å². The molecule has 1 fully saturated rings. The average molecular weight is 228 g/mol. The molecule has 1 atom stereocenters. The molecule has 0 aromatic heterocycles. The van der Waals surface area contributed by atoms with E-state index in [1.165, 1.54) is 19.3 Å². The summed E-state index contributed by atoms with van der Waals surface area (Å²) in [5.74, 6) is -0.252. The van der Waals surface area contributed by atoms with Gasteiger partial charge in [-0.05, 0) is 40.5 Å². The monoisotopic (exact) mass is 228 g/mol. The fraction of sp³-hybridized carbons (Fsp3) is 0.923. The SMILES string of the molecule is CC(OC1CCCCC1)C(=O)OC(C)(C)C. The normalized spacial score (nSPS) is 20.5. The van der Waals surface area contributed by atoms with Crippen LogP contribution in [0.4, 0.5) is 0 Å². The summed E-state index contributed by atoms with van der Waals surface area (Å²) in [5, 5.41) is 0. The van der Waals surface area contributed by atoms with Gasteiger partial charge in [-0.2, -0.15) is 0 Å².